The summed E-state index contributed by atoms with van der Waals surface area (Å²) in [7, 11) is 1.68. The van der Waals surface area contributed by atoms with Crippen LogP contribution in [0.5, 0.6) is 0 Å². The number of ether oxygens (including phenoxy) is 5. The lowest BCUT2D eigenvalue weighted by molar-refractivity contribution is -0.224. The Balaban J connectivity index is 1.63. The zero-order valence-corrected chi connectivity index (χ0v) is 17.8. The first kappa shape index (κ1) is 20.8. The van der Waals surface area contributed by atoms with Gasteiger partial charge in [-0.05, 0) is 39.3 Å². The minimum absolute atomic E-state index is 0.240. The number of hydrogen-bond donors (Lipinski definition) is 0. The van der Waals surface area contributed by atoms with Gasteiger partial charge >= 0.3 is 0 Å². The Hall–Kier alpha value is -1.48. The van der Waals surface area contributed by atoms with E-state index < -0.39 is 11.6 Å². The summed E-state index contributed by atoms with van der Waals surface area (Å²) in [4.78, 5) is 6.03. The normalized spacial score (nSPS) is 34.2. The van der Waals surface area contributed by atoms with Crippen molar-refractivity contribution in [1.82, 2.24) is 5.06 Å². The van der Waals surface area contributed by atoms with Crippen LogP contribution in [0.1, 0.15) is 33.3 Å². The van der Waals surface area contributed by atoms with Gasteiger partial charge in [-0.25, -0.2) is 0 Å². The topological polar surface area (TPSA) is 58.6 Å². The van der Waals surface area contributed by atoms with Crippen LogP contribution in [0.25, 0.3) is 0 Å². The molecule has 3 aliphatic heterocycles. The molecule has 4 rings (SSSR count). The lowest BCUT2D eigenvalue weighted by Crippen LogP contribution is -2.53. The van der Waals surface area contributed by atoms with E-state index in [1.807, 2.05) is 57.0 Å². The molecule has 1 aromatic carbocycles. The Morgan fingerprint density at radius 3 is 2.38 bits per heavy atom. The van der Waals surface area contributed by atoms with E-state index in [2.05, 4.69) is 12.1 Å². The van der Waals surface area contributed by atoms with E-state index in [-0.39, 0.29) is 24.4 Å². The van der Waals surface area contributed by atoms with Gasteiger partial charge in [-0.2, -0.15) is 5.06 Å². The number of benzene rings is 1. The summed E-state index contributed by atoms with van der Waals surface area (Å²) in [5.41, 5.74) is 1.14. The molecule has 0 aromatic heterocycles. The maximum atomic E-state index is 6.38. The SMILES string of the molecule is COC1=CCON(Cc2ccccc2)[C@@H]1[C@H]1OC(C)(C)O[C@@H]1[C@H]1COC(C)(C)O1. The molecule has 0 aliphatic carbocycles. The second-order valence-electron chi connectivity index (χ2n) is 8.54. The molecule has 160 valence electrons. The van der Waals surface area contributed by atoms with Gasteiger partial charge < -0.3 is 23.7 Å². The van der Waals surface area contributed by atoms with Crippen molar-refractivity contribution in [3.63, 3.8) is 0 Å². The predicted molar refractivity (Wildman–Crippen MR) is 106 cm³/mol. The van der Waals surface area contributed by atoms with Crippen molar-refractivity contribution in [3.05, 3.63) is 47.7 Å². The third-order valence-electron chi connectivity index (χ3n) is 5.42. The molecule has 0 bridgehead atoms. The molecule has 2 saturated heterocycles. The van der Waals surface area contributed by atoms with Crippen LogP contribution in [-0.4, -0.2) is 61.3 Å². The molecule has 7 nitrogen and oxygen atoms in total. The summed E-state index contributed by atoms with van der Waals surface area (Å²) in [5.74, 6) is -0.584. The first-order chi connectivity index (χ1) is 13.8. The van der Waals surface area contributed by atoms with Crippen LogP contribution in [-0.2, 0) is 35.1 Å². The molecule has 0 spiro atoms. The summed E-state index contributed by atoms with van der Waals surface area (Å²) < 4.78 is 30.3. The molecule has 2 fully saturated rings. The Labute approximate surface area is 172 Å². The minimum atomic E-state index is -0.750. The van der Waals surface area contributed by atoms with Crippen LogP contribution in [0, 0.1) is 0 Å². The van der Waals surface area contributed by atoms with Gasteiger partial charge in [0, 0.05) is 0 Å². The molecule has 7 heteroatoms. The minimum Gasteiger partial charge on any atom is -0.499 e. The Bertz CT molecular complexity index is 734. The molecule has 0 radical (unpaired) electrons. The first-order valence-corrected chi connectivity index (χ1v) is 10.1. The summed E-state index contributed by atoms with van der Waals surface area (Å²) >= 11 is 0. The van der Waals surface area contributed by atoms with E-state index in [1.165, 1.54) is 0 Å². The second kappa shape index (κ2) is 7.98. The molecule has 3 aliphatic rings. The number of rotatable bonds is 5. The van der Waals surface area contributed by atoms with E-state index >= 15 is 0 Å². The van der Waals surface area contributed by atoms with Crippen LogP contribution >= 0.6 is 0 Å². The summed E-state index contributed by atoms with van der Waals surface area (Å²) in [6, 6.07) is 9.93. The highest BCUT2D eigenvalue weighted by Gasteiger charge is 2.55. The van der Waals surface area contributed by atoms with Crippen molar-refractivity contribution in [2.24, 2.45) is 0 Å². The molecular weight excluding hydrogens is 374 g/mol. The zero-order chi connectivity index (χ0) is 20.6. The van der Waals surface area contributed by atoms with Gasteiger partial charge in [-0.3, -0.25) is 4.84 Å². The highest BCUT2D eigenvalue weighted by molar-refractivity contribution is 5.17. The summed E-state index contributed by atoms with van der Waals surface area (Å²) in [5, 5.41) is 1.93. The fourth-order valence-corrected chi connectivity index (χ4v) is 4.22. The lowest BCUT2D eigenvalue weighted by Gasteiger charge is -2.39. The Morgan fingerprint density at radius 1 is 1.00 bits per heavy atom. The largest absolute Gasteiger partial charge is 0.499 e. The molecule has 29 heavy (non-hydrogen) atoms. The second-order valence-corrected chi connectivity index (χ2v) is 8.54. The Morgan fingerprint density at radius 2 is 1.72 bits per heavy atom. The molecular formula is C22H31NO6. The van der Waals surface area contributed by atoms with Gasteiger partial charge in [0.05, 0.1) is 26.9 Å². The fraction of sp³-hybridized carbons (Fsp3) is 0.636. The molecule has 3 heterocycles. The maximum absolute atomic E-state index is 6.38. The quantitative estimate of drug-likeness (QED) is 0.746. The van der Waals surface area contributed by atoms with Gasteiger partial charge in [0.2, 0.25) is 0 Å². The van der Waals surface area contributed by atoms with E-state index in [1.54, 1.807) is 7.11 Å². The fourth-order valence-electron chi connectivity index (χ4n) is 4.22. The third-order valence-corrected chi connectivity index (χ3v) is 5.42. The van der Waals surface area contributed by atoms with Gasteiger partial charge in [0.15, 0.2) is 11.6 Å². The van der Waals surface area contributed by atoms with Crippen molar-refractivity contribution in [2.75, 3.05) is 20.3 Å². The highest BCUT2D eigenvalue weighted by atomic mass is 16.8. The molecule has 0 unspecified atom stereocenters. The molecule has 1 aromatic rings. The molecule has 4 atom stereocenters. The molecule has 0 saturated carbocycles. The first-order valence-electron chi connectivity index (χ1n) is 10.1. The molecule has 0 N–H and O–H groups in total. The summed E-state index contributed by atoms with van der Waals surface area (Å²) in [6.07, 6.45) is 1.04. The highest BCUT2D eigenvalue weighted by Crippen LogP contribution is 2.40. The third kappa shape index (κ3) is 4.50. The van der Waals surface area contributed by atoms with E-state index in [4.69, 9.17) is 28.5 Å². The van der Waals surface area contributed by atoms with Crippen LogP contribution in [0.4, 0.5) is 0 Å². The van der Waals surface area contributed by atoms with Crippen LogP contribution in [0.15, 0.2) is 42.2 Å². The van der Waals surface area contributed by atoms with E-state index in [0.717, 1.165) is 11.3 Å². The van der Waals surface area contributed by atoms with Crippen molar-refractivity contribution in [1.29, 1.82) is 0 Å². The lowest BCUT2D eigenvalue weighted by atomic mass is 9.98. The predicted octanol–water partition coefficient (Wildman–Crippen LogP) is 3.00. The van der Waals surface area contributed by atoms with Crippen molar-refractivity contribution >= 4 is 0 Å². The van der Waals surface area contributed by atoms with Gasteiger partial charge in [-0.15, -0.1) is 0 Å². The van der Waals surface area contributed by atoms with E-state index in [0.29, 0.717) is 19.8 Å². The van der Waals surface area contributed by atoms with Crippen LogP contribution < -0.4 is 0 Å². The molecule has 0 amide bonds. The zero-order valence-electron chi connectivity index (χ0n) is 17.8. The maximum Gasteiger partial charge on any atom is 0.163 e. The smallest absolute Gasteiger partial charge is 0.163 e. The van der Waals surface area contributed by atoms with Crippen molar-refractivity contribution in [3.8, 4) is 0 Å². The Kier molecular flexibility index (Phi) is 5.72. The number of methoxy groups -OCH3 is 1. The standard InChI is InChI=1S/C22H31NO6/c1-21(2)25-14-17(27-21)19-20(29-22(3,4)28-19)18-16(24-5)11-12-26-23(18)13-15-9-7-6-8-10-15/h6-11,17-20H,12-14H2,1-5H3/t17-,18+,19-,20-/m1/s1. The van der Waals surface area contributed by atoms with Gasteiger partial charge in [0.1, 0.15) is 30.1 Å². The number of nitrogens with zero attached hydrogens (tertiary/aromatic N) is 1. The van der Waals surface area contributed by atoms with Crippen LogP contribution in [0.3, 0.4) is 0 Å². The van der Waals surface area contributed by atoms with Gasteiger partial charge in [-0.1, -0.05) is 30.3 Å². The average Bonchev–Trinajstić information content (AvgIpc) is 3.20. The van der Waals surface area contributed by atoms with Gasteiger partial charge in [0.25, 0.3) is 0 Å². The number of hydroxylamine groups is 2. The average molecular weight is 405 g/mol. The number of hydrogen-bond acceptors (Lipinski definition) is 7. The summed E-state index contributed by atoms with van der Waals surface area (Å²) in [6.45, 7) is 9.16. The van der Waals surface area contributed by atoms with Crippen molar-refractivity contribution < 1.29 is 28.5 Å². The van der Waals surface area contributed by atoms with Crippen LogP contribution in [0.2, 0.25) is 0 Å². The van der Waals surface area contributed by atoms with Crippen molar-refractivity contribution in [2.45, 2.75) is 70.2 Å². The van der Waals surface area contributed by atoms with E-state index in [9.17, 15) is 0 Å². The monoisotopic (exact) mass is 405 g/mol.